The first kappa shape index (κ1) is 26.8. The van der Waals surface area contributed by atoms with Gasteiger partial charge in [0, 0.05) is 23.9 Å². The van der Waals surface area contributed by atoms with Crippen molar-refractivity contribution in [1.82, 2.24) is 15.3 Å². The van der Waals surface area contributed by atoms with Crippen molar-refractivity contribution in [2.24, 2.45) is 16.6 Å². The van der Waals surface area contributed by atoms with Gasteiger partial charge in [-0.15, -0.1) is 0 Å². The minimum atomic E-state index is -4.53. The van der Waals surface area contributed by atoms with Gasteiger partial charge in [0.05, 0.1) is 17.9 Å². The van der Waals surface area contributed by atoms with Crippen LogP contribution in [0.5, 0.6) is 5.88 Å². The Morgan fingerprint density at radius 1 is 1.27 bits per heavy atom. The third kappa shape index (κ3) is 5.55. The van der Waals surface area contributed by atoms with Gasteiger partial charge in [0.25, 0.3) is 0 Å². The van der Waals surface area contributed by atoms with Gasteiger partial charge < -0.3 is 15.8 Å². The van der Waals surface area contributed by atoms with Crippen molar-refractivity contribution in [3.63, 3.8) is 0 Å². The number of benzene rings is 1. The number of aliphatic imine (C=N–C) groups is 1. The molecule has 8 nitrogen and oxygen atoms in total. The lowest BCUT2D eigenvalue weighted by Gasteiger charge is -2.34. The Labute approximate surface area is 214 Å². The number of rotatable bonds is 8. The van der Waals surface area contributed by atoms with Gasteiger partial charge in [-0.3, -0.25) is 14.6 Å². The molecule has 1 aromatic heterocycles. The van der Waals surface area contributed by atoms with Crippen LogP contribution in [0.4, 0.5) is 17.6 Å². The maximum Gasteiger partial charge on any atom is 0.422 e. The minimum absolute atomic E-state index is 0.0745. The highest BCUT2D eigenvalue weighted by molar-refractivity contribution is 8.15. The van der Waals surface area contributed by atoms with E-state index in [0.717, 1.165) is 12.4 Å². The molecular weight excluding hydrogens is 514 g/mol. The molecule has 1 fully saturated rings. The molecule has 0 bridgehead atoms. The maximum atomic E-state index is 15.1. The molecule has 0 saturated heterocycles. The Bertz CT molecular complexity index is 1250. The van der Waals surface area contributed by atoms with Crippen molar-refractivity contribution in [3.8, 4) is 5.88 Å². The molecule has 13 heteroatoms. The predicted octanol–water partition coefficient (Wildman–Crippen LogP) is 3.54. The van der Waals surface area contributed by atoms with Gasteiger partial charge in [0.1, 0.15) is 16.3 Å². The number of carbonyl (C=O) groups excluding carboxylic acids is 2. The van der Waals surface area contributed by atoms with Crippen LogP contribution >= 0.6 is 11.8 Å². The van der Waals surface area contributed by atoms with Gasteiger partial charge in [-0.1, -0.05) is 17.8 Å². The average molecular weight is 540 g/mol. The van der Waals surface area contributed by atoms with Crippen LogP contribution in [-0.4, -0.2) is 50.4 Å². The normalized spacial score (nSPS) is 24.8. The van der Waals surface area contributed by atoms with Gasteiger partial charge in [-0.05, 0) is 44.9 Å². The molecule has 1 aromatic carbocycles. The first-order valence-electron chi connectivity index (χ1n) is 11.4. The second-order valence-corrected chi connectivity index (χ2v) is 10.9. The number of ketones is 1. The number of hydrogen-bond donors (Lipinski definition) is 2. The van der Waals surface area contributed by atoms with Gasteiger partial charge in [0.15, 0.2) is 17.6 Å². The van der Waals surface area contributed by atoms with E-state index in [9.17, 15) is 22.8 Å². The summed E-state index contributed by atoms with van der Waals surface area (Å²) in [6.45, 7) is 3.90. The fourth-order valence-electron chi connectivity index (χ4n) is 4.49. The van der Waals surface area contributed by atoms with E-state index in [2.05, 4.69) is 25.0 Å². The lowest BCUT2D eigenvalue weighted by atomic mass is 9.84. The fraction of sp³-hybridized carbons (Fsp3) is 0.458. The van der Waals surface area contributed by atoms with Crippen LogP contribution in [0, 0.1) is 11.7 Å². The number of nitrogens with one attached hydrogen (secondary N) is 1. The largest absolute Gasteiger partial charge is 0.467 e. The zero-order valence-corrected chi connectivity index (χ0v) is 21.0. The maximum absolute atomic E-state index is 15.1. The molecule has 1 saturated carbocycles. The SMILES string of the molecule is CC(C)NC(=O)[C@]12C[C@H]1[C@@](C)(c1cc(CC(=O)c3cnc(OCC(F)(F)F)cn3)ccc1F)N=C(N)S2. The Hall–Kier alpha value is -3.22. The molecule has 2 heterocycles. The van der Waals surface area contributed by atoms with Crippen LogP contribution in [0.1, 0.15) is 48.8 Å². The highest BCUT2D eigenvalue weighted by Crippen LogP contribution is 2.66. The fourth-order valence-corrected chi connectivity index (χ4v) is 5.87. The standard InChI is InChI=1S/C24H25F4N5O3S/c1-12(2)32-20(35)23-8-18(23)22(3,33-21(29)37-23)14-6-13(4-5-15(14)25)7-17(34)16-9-31-19(10-30-16)36-11-24(26,27)28/h4-6,9-10,12,18H,7-8,11H2,1-3H3,(H2,29,33)(H,32,35)/t18-,22+,23-/m0/s1. The zero-order chi connectivity index (χ0) is 27.2. The number of thioether (sulfide) groups is 1. The first-order chi connectivity index (χ1) is 17.2. The number of alkyl halides is 3. The van der Waals surface area contributed by atoms with Crippen molar-refractivity contribution in [3.05, 3.63) is 53.2 Å². The molecule has 37 heavy (non-hydrogen) atoms. The number of ether oxygens (including phenoxy) is 1. The van der Waals surface area contributed by atoms with Crippen molar-refractivity contribution in [1.29, 1.82) is 0 Å². The summed E-state index contributed by atoms with van der Waals surface area (Å²) in [6, 6.07) is 4.13. The second kappa shape index (κ2) is 9.58. The van der Waals surface area contributed by atoms with Gasteiger partial charge in [-0.2, -0.15) is 13.2 Å². The van der Waals surface area contributed by atoms with Crippen molar-refractivity contribution < 1.29 is 31.9 Å². The lowest BCUT2D eigenvalue weighted by Crippen LogP contribution is -2.46. The molecular formula is C24H25F4N5O3S. The number of nitrogens with zero attached hydrogens (tertiary/aromatic N) is 3. The number of halogens is 4. The average Bonchev–Trinajstić information content (AvgIpc) is 3.55. The van der Waals surface area contributed by atoms with Crippen LogP contribution in [0.3, 0.4) is 0 Å². The number of carbonyl (C=O) groups is 2. The predicted molar refractivity (Wildman–Crippen MR) is 129 cm³/mol. The summed E-state index contributed by atoms with van der Waals surface area (Å²) in [6.07, 6.45) is -2.27. The molecule has 1 aliphatic carbocycles. The van der Waals surface area contributed by atoms with E-state index < -0.39 is 34.7 Å². The molecule has 0 spiro atoms. The molecule has 198 valence electrons. The van der Waals surface area contributed by atoms with E-state index in [0.29, 0.717) is 12.0 Å². The Kier molecular flexibility index (Phi) is 6.95. The monoisotopic (exact) mass is 539 g/mol. The number of hydrogen-bond acceptors (Lipinski definition) is 8. The summed E-state index contributed by atoms with van der Waals surface area (Å²) >= 11 is 1.18. The Morgan fingerprint density at radius 2 is 2.00 bits per heavy atom. The highest BCUT2D eigenvalue weighted by Gasteiger charge is 2.70. The van der Waals surface area contributed by atoms with Crippen molar-refractivity contribution in [2.75, 3.05) is 6.61 Å². The summed E-state index contributed by atoms with van der Waals surface area (Å²) in [4.78, 5) is 37.7. The number of amidine groups is 1. The Balaban J connectivity index is 1.53. The van der Waals surface area contributed by atoms with E-state index in [4.69, 9.17) is 5.73 Å². The van der Waals surface area contributed by atoms with E-state index in [-0.39, 0.29) is 46.6 Å². The highest BCUT2D eigenvalue weighted by atomic mass is 32.2. The van der Waals surface area contributed by atoms with Crippen LogP contribution < -0.4 is 15.8 Å². The topological polar surface area (TPSA) is 120 Å². The molecule has 1 aliphatic heterocycles. The molecule has 1 amide bonds. The molecule has 4 rings (SSSR count). The molecule has 0 radical (unpaired) electrons. The number of nitrogens with two attached hydrogens (primary N) is 1. The minimum Gasteiger partial charge on any atom is -0.467 e. The van der Waals surface area contributed by atoms with Gasteiger partial charge in [0.2, 0.25) is 11.8 Å². The van der Waals surface area contributed by atoms with Crippen molar-refractivity contribution in [2.45, 2.75) is 56.1 Å². The second-order valence-electron chi connectivity index (χ2n) is 9.53. The molecule has 0 unspecified atom stereocenters. The van der Waals surface area contributed by atoms with E-state index in [1.165, 1.54) is 30.0 Å². The number of Topliss-reactive ketones (excluding diaryl/α,β-unsaturated/α-hetero) is 1. The van der Waals surface area contributed by atoms with Crippen LogP contribution in [-0.2, 0) is 16.8 Å². The Morgan fingerprint density at radius 3 is 2.62 bits per heavy atom. The summed E-state index contributed by atoms with van der Waals surface area (Å²) in [7, 11) is 0. The molecule has 2 aromatic rings. The number of fused-ring (bicyclic) bond motifs is 1. The lowest BCUT2D eigenvalue weighted by molar-refractivity contribution is -0.154. The third-order valence-corrected chi connectivity index (χ3v) is 7.56. The van der Waals surface area contributed by atoms with Crippen molar-refractivity contribution >= 4 is 28.6 Å². The number of amides is 1. The summed E-state index contributed by atoms with van der Waals surface area (Å²) in [5.74, 6) is -1.86. The summed E-state index contributed by atoms with van der Waals surface area (Å²) in [5, 5.41) is 3.09. The van der Waals surface area contributed by atoms with Crippen LogP contribution in [0.15, 0.2) is 35.6 Å². The van der Waals surface area contributed by atoms with E-state index >= 15 is 4.39 Å². The first-order valence-corrected chi connectivity index (χ1v) is 12.2. The molecule has 3 N–H and O–H groups in total. The molecule has 3 atom stereocenters. The zero-order valence-electron chi connectivity index (χ0n) is 20.2. The van der Waals surface area contributed by atoms with E-state index in [1.54, 1.807) is 6.92 Å². The van der Waals surface area contributed by atoms with Gasteiger partial charge >= 0.3 is 6.18 Å². The van der Waals surface area contributed by atoms with E-state index in [1.807, 2.05) is 13.8 Å². The summed E-state index contributed by atoms with van der Waals surface area (Å²) in [5.41, 5.74) is 5.56. The third-order valence-electron chi connectivity index (χ3n) is 6.26. The molecule has 2 aliphatic rings. The number of aromatic nitrogens is 2. The van der Waals surface area contributed by atoms with Crippen LogP contribution in [0.25, 0.3) is 0 Å². The smallest absolute Gasteiger partial charge is 0.422 e. The van der Waals surface area contributed by atoms with Gasteiger partial charge in [-0.25, -0.2) is 14.4 Å². The summed E-state index contributed by atoms with van der Waals surface area (Å²) < 4.78 is 55.6. The quantitative estimate of drug-likeness (QED) is 0.389. The van der Waals surface area contributed by atoms with Crippen LogP contribution in [0.2, 0.25) is 0 Å².